The molecule has 2 rings (SSSR count). The van der Waals surface area contributed by atoms with Crippen molar-refractivity contribution in [2.24, 2.45) is 0 Å². The monoisotopic (exact) mass is 232 g/mol. The summed E-state index contributed by atoms with van der Waals surface area (Å²) in [6, 6.07) is 9.64. The van der Waals surface area contributed by atoms with Crippen molar-refractivity contribution in [3.8, 4) is 0 Å². The van der Waals surface area contributed by atoms with E-state index in [2.05, 4.69) is 62.0 Å². The maximum absolute atomic E-state index is 2.44. The Kier molecular flexibility index (Phi) is 3.72. The molecule has 1 atom stereocenters. The second-order valence-corrected chi connectivity index (χ2v) is 5.57. The van der Waals surface area contributed by atoms with Gasteiger partial charge in [0.2, 0.25) is 0 Å². The number of hydrogen-bond acceptors (Lipinski definition) is 2. The molecular formula is C15H24N2. The van der Waals surface area contributed by atoms with E-state index >= 15 is 0 Å². The maximum Gasteiger partial charge on any atom is 0.0425 e. The lowest BCUT2D eigenvalue weighted by Crippen LogP contribution is -2.33. The first-order valence-corrected chi connectivity index (χ1v) is 6.59. The van der Waals surface area contributed by atoms with Crippen LogP contribution in [0.5, 0.6) is 0 Å². The summed E-state index contributed by atoms with van der Waals surface area (Å²) in [5, 5.41) is 0. The Morgan fingerprint density at radius 3 is 2.71 bits per heavy atom. The van der Waals surface area contributed by atoms with E-state index in [9.17, 15) is 0 Å². The standard InChI is InChI=1S/C15H24N2/c1-12(2)13-6-5-7-14(10-13)17(4)15-8-9-16(3)11-15/h5-7,10,12,15H,8-9,11H2,1-4H3. The number of benzene rings is 1. The number of hydrogen-bond donors (Lipinski definition) is 0. The second kappa shape index (κ2) is 5.09. The Labute approximate surface area is 105 Å². The highest BCUT2D eigenvalue weighted by molar-refractivity contribution is 5.49. The van der Waals surface area contributed by atoms with Gasteiger partial charge in [-0.2, -0.15) is 0 Å². The number of likely N-dealkylation sites (tertiary alicyclic amines) is 1. The third-order valence-electron chi connectivity index (χ3n) is 3.86. The fourth-order valence-corrected chi connectivity index (χ4v) is 2.54. The van der Waals surface area contributed by atoms with Crippen molar-refractivity contribution in [3.05, 3.63) is 29.8 Å². The summed E-state index contributed by atoms with van der Waals surface area (Å²) >= 11 is 0. The SMILES string of the molecule is CC(C)c1cccc(N(C)C2CCN(C)C2)c1. The Hall–Kier alpha value is -1.02. The molecule has 17 heavy (non-hydrogen) atoms. The largest absolute Gasteiger partial charge is 0.370 e. The highest BCUT2D eigenvalue weighted by Crippen LogP contribution is 2.24. The van der Waals surface area contributed by atoms with Crippen molar-refractivity contribution < 1.29 is 0 Å². The van der Waals surface area contributed by atoms with Crippen LogP contribution >= 0.6 is 0 Å². The van der Waals surface area contributed by atoms with Gasteiger partial charge in [0.05, 0.1) is 0 Å². The van der Waals surface area contributed by atoms with Crippen LogP contribution in [0.4, 0.5) is 5.69 Å². The molecule has 94 valence electrons. The van der Waals surface area contributed by atoms with Gasteiger partial charge in [-0.25, -0.2) is 0 Å². The molecule has 0 amide bonds. The number of nitrogens with zero attached hydrogens (tertiary/aromatic N) is 2. The van der Waals surface area contributed by atoms with Gasteiger partial charge in [0, 0.05) is 25.3 Å². The maximum atomic E-state index is 2.44. The van der Waals surface area contributed by atoms with Crippen LogP contribution in [-0.4, -0.2) is 38.1 Å². The Morgan fingerprint density at radius 2 is 2.12 bits per heavy atom. The zero-order valence-electron chi connectivity index (χ0n) is 11.5. The molecule has 1 unspecified atom stereocenters. The van der Waals surface area contributed by atoms with E-state index < -0.39 is 0 Å². The number of anilines is 1. The molecule has 0 N–H and O–H groups in total. The van der Waals surface area contributed by atoms with E-state index in [0.717, 1.165) is 0 Å². The molecule has 0 spiro atoms. The summed E-state index contributed by atoms with van der Waals surface area (Å²) in [5.41, 5.74) is 2.79. The minimum atomic E-state index is 0.606. The van der Waals surface area contributed by atoms with Gasteiger partial charge in [-0.05, 0) is 43.6 Å². The van der Waals surface area contributed by atoms with Crippen LogP contribution in [0, 0.1) is 0 Å². The third-order valence-corrected chi connectivity index (χ3v) is 3.86. The van der Waals surface area contributed by atoms with Crippen molar-refractivity contribution in [1.82, 2.24) is 4.90 Å². The topological polar surface area (TPSA) is 6.48 Å². The van der Waals surface area contributed by atoms with E-state index in [4.69, 9.17) is 0 Å². The summed E-state index contributed by atoms with van der Waals surface area (Å²) in [7, 11) is 4.43. The van der Waals surface area contributed by atoms with Crippen LogP contribution in [0.25, 0.3) is 0 Å². The molecule has 0 saturated carbocycles. The molecule has 2 heteroatoms. The van der Waals surface area contributed by atoms with Gasteiger partial charge in [0.1, 0.15) is 0 Å². The van der Waals surface area contributed by atoms with Crippen molar-refractivity contribution in [2.45, 2.75) is 32.2 Å². The van der Waals surface area contributed by atoms with E-state index in [1.807, 2.05) is 0 Å². The van der Waals surface area contributed by atoms with Crippen LogP contribution in [0.3, 0.4) is 0 Å². The first-order chi connectivity index (χ1) is 8.08. The predicted octanol–water partition coefficient (Wildman–Crippen LogP) is 2.95. The summed E-state index contributed by atoms with van der Waals surface area (Å²) in [4.78, 5) is 4.85. The normalized spacial score (nSPS) is 21.1. The minimum absolute atomic E-state index is 0.606. The van der Waals surface area contributed by atoms with Gasteiger partial charge in [0.15, 0.2) is 0 Å². The second-order valence-electron chi connectivity index (χ2n) is 5.57. The molecule has 2 nitrogen and oxygen atoms in total. The third kappa shape index (κ3) is 2.81. The van der Waals surface area contributed by atoms with Gasteiger partial charge in [-0.1, -0.05) is 26.0 Å². The molecule has 1 saturated heterocycles. The summed E-state index contributed by atoms with van der Waals surface area (Å²) in [6.45, 7) is 6.91. The highest BCUT2D eigenvalue weighted by Gasteiger charge is 2.23. The molecular weight excluding hydrogens is 208 g/mol. The van der Waals surface area contributed by atoms with Crippen LogP contribution in [0.1, 0.15) is 31.7 Å². The van der Waals surface area contributed by atoms with E-state index in [-0.39, 0.29) is 0 Å². The highest BCUT2D eigenvalue weighted by atomic mass is 15.2. The molecule has 1 heterocycles. The summed E-state index contributed by atoms with van der Waals surface area (Å²) < 4.78 is 0. The van der Waals surface area contributed by atoms with Crippen molar-refractivity contribution in [3.63, 3.8) is 0 Å². The number of likely N-dealkylation sites (N-methyl/N-ethyl adjacent to an activating group) is 2. The molecule has 1 aliphatic rings. The predicted molar refractivity (Wildman–Crippen MR) is 74.8 cm³/mol. The first kappa shape index (κ1) is 12.4. The quantitative estimate of drug-likeness (QED) is 0.790. The fourth-order valence-electron chi connectivity index (χ4n) is 2.54. The first-order valence-electron chi connectivity index (χ1n) is 6.59. The van der Waals surface area contributed by atoms with Crippen LogP contribution in [-0.2, 0) is 0 Å². The molecule has 1 fully saturated rings. The fraction of sp³-hybridized carbons (Fsp3) is 0.600. The van der Waals surface area contributed by atoms with Gasteiger partial charge in [-0.15, -0.1) is 0 Å². The van der Waals surface area contributed by atoms with E-state index in [1.165, 1.54) is 30.8 Å². The molecule has 0 bridgehead atoms. The Morgan fingerprint density at radius 1 is 1.35 bits per heavy atom. The van der Waals surface area contributed by atoms with E-state index in [0.29, 0.717) is 12.0 Å². The van der Waals surface area contributed by atoms with Crippen molar-refractivity contribution in [2.75, 3.05) is 32.1 Å². The van der Waals surface area contributed by atoms with Crippen LogP contribution in [0.2, 0.25) is 0 Å². The van der Waals surface area contributed by atoms with Gasteiger partial charge in [0.25, 0.3) is 0 Å². The van der Waals surface area contributed by atoms with Crippen LogP contribution < -0.4 is 4.90 Å². The van der Waals surface area contributed by atoms with Crippen molar-refractivity contribution >= 4 is 5.69 Å². The molecule has 1 aromatic carbocycles. The summed E-state index contributed by atoms with van der Waals surface area (Å²) in [6.07, 6.45) is 1.28. The van der Waals surface area contributed by atoms with E-state index in [1.54, 1.807) is 0 Å². The summed E-state index contributed by atoms with van der Waals surface area (Å²) in [5.74, 6) is 0.606. The smallest absolute Gasteiger partial charge is 0.0425 e. The molecule has 1 aliphatic heterocycles. The Balaban J connectivity index is 2.13. The Bertz CT molecular complexity index is 373. The molecule has 0 aliphatic carbocycles. The lowest BCUT2D eigenvalue weighted by Gasteiger charge is -2.27. The lowest BCUT2D eigenvalue weighted by atomic mass is 10.0. The van der Waals surface area contributed by atoms with Gasteiger partial charge in [-0.3, -0.25) is 0 Å². The van der Waals surface area contributed by atoms with Crippen molar-refractivity contribution in [1.29, 1.82) is 0 Å². The molecule has 0 radical (unpaired) electrons. The zero-order chi connectivity index (χ0) is 12.4. The zero-order valence-corrected chi connectivity index (χ0v) is 11.5. The average molecular weight is 232 g/mol. The molecule has 0 aromatic heterocycles. The average Bonchev–Trinajstić information content (AvgIpc) is 2.75. The lowest BCUT2D eigenvalue weighted by molar-refractivity contribution is 0.409. The van der Waals surface area contributed by atoms with Gasteiger partial charge >= 0.3 is 0 Å². The van der Waals surface area contributed by atoms with Gasteiger partial charge < -0.3 is 9.80 Å². The number of rotatable bonds is 3. The molecule has 1 aromatic rings. The minimum Gasteiger partial charge on any atom is -0.370 e. The van der Waals surface area contributed by atoms with Crippen LogP contribution in [0.15, 0.2) is 24.3 Å².